The van der Waals surface area contributed by atoms with Crippen molar-refractivity contribution >= 4 is 11.9 Å². The van der Waals surface area contributed by atoms with E-state index < -0.39 is 17.7 Å². The fourth-order valence-electron chi connectivity index (χ4n) is 1.20. The number of carboxylic acid groups (broad SMARTS) is 2. The number of carboxylic acids is 2. The van der Waals surface area contributed by atoms with Gasteiger partial charge in [-0.2, -0.15) is 0 Å². The van der Waals surface area contributed by atoms with Crippen molar-refractivity contribution in [2.75, 3.05) is 0 Å². The maximum Gasteiger partial charge on any atom is 1.00 e. The third-order valence-electron chi connectivity index (χ3n) is 1.89. The van der Waals surface area contributed by atoms with E-state index in [1.165, 1.54) is 12.1 Å². The molecule has 0 fully saturated rings. The molecule has 0 radical (unpaired) electrons. The van der Waals surface area contributed by atoms with Gasteiger partial charge in [-0.25, -0.2) is 0 Å². The molecule has 0 aromatic heterocycles. The minimum Gasteiger partial charge on any atom is -0.542 e. The second-order valence-electron chi connectivity index (χ2n) is 2.84. The van der Waals surface area contributed by atoms with E-state index in [0.29, 0.717) is 0 Å². The van der Waals surface area contributed by atoms with Crippen molar-refractivity contribution in [3.05, 3.63) is 24.3 Å². The SMILES string of the molecule is O=C([O-])C1(C(=O)[O-])Oc2ccccc2O1.[Na+].[Na+]. The van der Waals surface area contributed by atoms with Gasteiger partial charge in [-0.1, -0.05) is 12.1 Å². The Labute approximate surface area is 140 Å². The van der Waals surface area contributed by atoms with Crippen LogP contribution in [0.5, 0.6) is 11.5 Å². The molecule has 1 heterocycles. The van der Waals surface area contributed by atoms with E-state index in [0.717, 1.165) is 0 Å². The molecule has 0 amide bonds. The first-order chi connectivity index (χ1) is 7.06. The van der Waals surface area contributed by atoms with Gasteiger partial charge in [0.25, 0.3) is 0 Å². The largest absolute Gasteiger partial charge is 1.00 e. The van der Waals surface area contributed by atoms with Crippen LogP contribution in [0.2, 0.25) is 0 Å². The van der Waals surface area contributed by atoms with Crippen LogP contribution in [0.15, 0.2) is 24.3 Å². The predicted molar refractivity (Wildman–Crippen MR) is 40.4 cm³/mol. The molecular weight excluding hydrogens is 250 g/mol. The molecule has 2 rings (SSSR count). The van der Waals surface area contributed by atoms with Gasteiger partial charge in [0.05, 0.1) is 0 Å². The molecule has 1 aromatic rings. The van der Waals surface area contributed by atoms with E-state index in [1.807, 2.05) is 0 Å². The van der Waals surface area contributed by atoms with E-state index >= 15 is 0 Å². The van der Waals surface area contributed by atoms with E-state index in [1.54, 1.807) is 12.1 Å². The quantitative estimate of drug-likeness (QED) is 0.384. The van der Waals surface area contributed by atoms with Crippen molar-refractivity contribution in [2.45, 2.75) is 5.79 Å². The van der Waals surface area contributed by atoms with Crippen LogP contribution in [0.25, 0.3) is 0 Å². The van der Waals surface area contributed by atoms with Crippen molar-refractivity contribution < 1.29 is 88.4 Å². The molecule has 17 heavy (non-hydrogen) atoms. The zero-order valence-electron chi connectivity index (χ0n) is 9.26. The Morgan fingerprint density at radius 1 is 0.941 bits per heavy atom. The number of hydrogen-bond donors (Lipinski definition) is 0. The molecule has 0 bridgehead atoms. The molecule has 1 aliphatic rings. The fourth-order valence-corrected chi connectivity index (χ4v) is 1.20. The van der Waals surface area contributed by atoms with Gasteiger partial charge in [0, 0.05) is 0 Å². The van der Waals surface area contributed by atoms with Gasteiger partial charge < -0.3 is 29.3 Å². The predicted octanol–water partition coefficient (Wildman–Crippen LogP) is -8.34. The second kappa shape index (κ2) is 6.08. The van der Waals surface area contributed by atoms with E-state index in [4.69, 9.17) is 0 Å². The Kier molecular flexibility index (Phi) is 6.00. The van der Waals surface area contributed by atoms with Crippen LogP contribution < -0.4 is 78.8 Å². The summed E-state index contributed by atoms with van der Waals surface area (Å²) in [5, 5.41) is 21.3. The minimum atomic E-state index is -2.89. The Morgan fingerprint density at radius 2 is 1.29 bits per heavy atom. The summed E-state index contributed by atoms with van der Waals surface area (Å²) in [4.78, 5) is 21.3. The first-order valence-electron chi connectivity index (χ1n) is 3.96. The Hall–Kier alpha value is -0.240. The molecule has 0 aliphatic carbocycles. The maximum atomic E-state index is 10.7. The maximum absolute atomic E-state index is 10.7. The molecule has 0 unspecified atom stereocenters. The monoisotopic (exact) mass is 254 g/mol. The normalized spacial score (nSPS) is 14.1. The number of benzene rings is 1. The number of aliphatic carboxylic acids is 2. The standard InChI is InChI=1S/C9H6O6.2Na/c10-7(11)9(8(12)13)14-5-3-1-2-4-6(5)15-9;;/h1-4H,(H,10,11)(H,12,13);;/q;2*+1/p-2. The van der Waals surface area contributed by atoms with Crippen LogP contribution in [0.3, 0.4) is 0 Å². The van der Waals surface area contributed by atoms with Gasteiger partial charge in [-0.05, 0) is 12.1 Å². The molecular formula is C9H4Na2O6. The zero-order valence-corrected chi connectivity index (χ0v) is 13.3. The van der Waals surface area contributed by atoms with Crippen molar-refractivity contribution in [3.63, 3.8) is 0 Å². The Bertz CT molecular complexity index is 406. The van der Waals surface area contributed by atoms with Crippen LogP contribution in [0.4, 0.5) is 0 Å². The first kappa shape index (κ1) is 16.8. The van der Waals surface area contributed by atoms with Gasteiger partial charge in [0.15, 0.2) is 11.5 Å². The van der Waals surface area contributed by atoms with Gasteiger partial charge in [0.1, 0.15) is 11.9 Å². The van der Waals surface area contributed by atoms with Crippen LogP contribution in [0, 0.1) is 0 Å². The molecule has 0 saturated heterocycles. The van der Waals surface area contributed by atoms with E-state index in [2.05, 4.69) is 9.47 Å². The first-order valence-corrected chi connectivity index (χ1v) is 3.96. The molecule has 78 valence electrons. The number of rotatable bonds is 2. The average molecular weight is 254 g/mol. The Morgan fingerprint density at radius 3 is 1.59 bits per heavy atom. The number of carbonyl (C=O) groups excluding carboxylic acids is 2. The third kappa shape index (κ3) is 2.78. The molecule has 0 spiro atoms. The number of ether oxygens (including phenoxy) is 2. The number of para-hydroxylation sites is 2. The van der Waals surface area contributed by atoms with Crippen LogP contribution in [-0.4, -0.2) is 17.7 Å². The summed E-state index contributed by atoms with van der Waals surface area (Å²) in [6.07, 6.45) is 0. The molecule has 0 N–H and O–H groups in total. The average Bonchev–Trinajstić information content (AvgIpc) is 2.57. The number of carbonyl (C=O) groups is 2. The summed E-state index contributed by atoms with van der Waals surface area (Å²) in [5.74, 6) is -6.88. The van der Waals surface area contributed by atoms with Gasteiger partial charge in [-0.3, -0.25) is 0 Å². The van der Waals surface area contributed by atoms with Crippen molar-refractivity contribution in [2.24, 2.45) is 0 Å². The van der Waals surface area contributed by atoms with Gasteiger partial charge >= 0.3 is 64.9 Å². The summed E-state index contributed by atoms with van der Waals surface area (Å²) >= 11 is 0. The summed E-state index contributed by atoms with van der Waals surface area (Å²) in [6, 6.07) is 5.84. The van der Waals surface area contributed by atoms with Crippen molar-refractivity contribution in [3.8, 4) is 11.5 Å². The molecule has 6 nitrogen and oxygen atoms in total. The van der Waals surface area contributed by atoms with Crippen molar-refractivity contribution in [1.29, 1.82) is 0 Å². The van der Waals surface area contributed by atoms with Crippen LogP contribution in [0.1, 0.15) is 0 Å². The smallest absolute Gasteiger partial charge is 0.542 e. The number of hydrogen-bond acceptors (Lipinski definition) is 6. The topological polar surface area (TPSA) is 98.7 Å². The molecule has 0 atom stereocenters. The molecule has 1 aromatic carbocycles. The summed E-state index contributed by atoms with van der Waals surface area (Å²) < 4.78 is 9.34. The third-order valence-corrected chi connectivity index (χ3v) is 1.89. The molecule has 8 heteroatoms. The van der Waals surface area contributed by atoms with E-state index in [9.17, 15) is 19.8 Å². The van der Waals surface area contributed by atoms with Crippen LogP contribution >= 0.6 is 0 Å². The summed E-state index contributed by atoms with van der Waals surface area (Å²) in [7, 11) is 0. The summed E-state index contributed by atoms with van der Waals surface area (Å²) in [6.45, 7) is 0. The van der Waals surface area contributed by atoms with E-state index in [-0.39, 0.29) is 70.6 Å². The molecule has 0 saturated carbocycles. The molecule has 1 aliphatic heterocycles. The minimum absolute atomic E-state index is 0. The Balaban J connectivity index is 0.00000128. The fraction of sp³-hybridized carbons (Fsp3) is 0.111. The summed E-state index contributed by atoms with van der Waals surface area (Å²) in [5.41, 5.74) is 0. The van der Waals surface area contributed by atoms with Crippen molar-refractivity contribution in [1.82, 2.24) is 0 Å². The number of fused-ring (bicyclic) bond motifs is 1. The van der Waals surface area contributed by atoms with Crippen LogP contribution in [-0.2, 0) is 9.59 Å². The second-order valence-corrected chi connectivity index (χ2v) is 2.84. The van der Waals surface area contributed by atoms with Gasteiger partial charge in [0.2, 0.25) is 0 Å². The van der Waals surface area contributed by atoms with Gasteiger partial charge in [-0.15, -0.1) is 0 Å². The zero-order chi connectivity index (χ0) is 11.1.